The highest BCUT2D eigenvalue weighted by atomic mass is 35.5. The van der Waals surface area contributed by atoms with Gasteiger partial charge < -0.3 is 29.7 Å². The first-order valence-electron chi connectivity index (χ1n) is 22.6. The van der Waals surface area contributed by atoms with E-state index in [1.54, 1.807) is 37.4 Å². The molecule has 1 aliphatic carbocycles. The number of piperidine rings is 3. The number of pyridine rings is 1. The molecule has 2 aromatic carbocycles. The Morgan fingerprint density at radius 2 is 1.70 bits per heavy atom. The summed E-state index contributed by atoms with van der Waals surface area (Å²) in [4.78, 5) is 51.5. The van der Waals surface area contributed by atoms with E-state index in [1.165, 1.54) is 22.5 Å². The molecule has 5 aromatic rings. The lowest BCUT2D eigenvalue weighted by molar-refractivity contribution is -0.137. The number of hydrogen-bond acceptors (Lipinski definition) is 11. The third kappa shape index (κ3) is 7.98. The van der Waals surface area contributed by atoms with Crippen molar-refractivity contribution in [1.29, 1.82) is 0 Å². The summed E-state index contributed by atoms with van der Waals surface area (Å²) in [5, 5.41) is 14.1. The van der Waals surface area contributed by atoms with Crippen LogP contribution in [0.5, 0.6) is 5.75 Å². The Balaban J connectivity index is 0.800. The Bertz CT molecular complexity index is 2810. The molecule has 3 N–H and O–H groups in total. The molecule has 0 spiro atoms. The van der Waals surface area contributed by atoms with Crippen LogP contribution in [0.15, 0.2) is 41.3 Å². The highest BCUT2D eigenvalue weighted by molar-refractivity contribution is 6.33. The van der Waals surface area contributed by atoms with Crippen molar-refractivity contribution in [2.24, 2.45) is 25.9 Å². The van der Waals surface area contributed by atoms with Crippen molar-refractivity contribution in [1.82, 2.24) is 34.5 Å². The first-order chi connectivity index (χ1) is 31.5. The van der Waals surface area contributed by atoms with Crippen LogP contribution in [0.3, 0.4) is 0 Å². The molecular formula is C46H50ClF5N10O4. The summed E-state index contributed by atoms with van der Waals surface area (Å²) in [7, 11) is 3.05. The van der Waals surface area contributed by atoms with Gasteiger partial charge >= 0.3 is 12.1 Å². The van der Waals surface area contributed by atoms with Crippen molar-refractivity contribution >= 4 is 68.4 Å². The summed E-state index contributed by atoms with van der Waals surface area (Å²) in [5.74, 6) is -4.40. The number of benzene rings is 2. The van der Waals surface area contributed by atoms with Crippen molar-refractivity contribution in [2.45, 2.75) is 94.3 Å². The fraction of sp³-hybridized carbons (Fsp3) is 0.522. The van der Waals surface area contributed by atoms with Crippen LogP contribution < -0.4 is 31.1 Å². The number of carbonyl (C=O) groups is 2. The number of ether oxygens (including phenoxy) is 1. The van der Waals surface area contributed by atoms with Gasteiger partial charge in [-0.25, -0.2) is 13.8 Å². The first kappa shape index (κ1) is 44.3. The fourth-order valence-corrected chi connectivity index (χ4v) is 10.9. The second kappa shape index (κ2) is 16.6. The first-order valence-corrected chi connectivity index (χ1v) is 23.0. The number of imide groups is 1. The summed E-state index contributed by atoms with van der Waals surface area (Å²) < 4.78 is 83.5. The molecule has 3 aromatic heterocycles. The lowest BCUT2D eigenvalue weighted by Gasteiger charge is -2.42. The lowest BCUT2D eigenvalue weighted by Crippen LogP contribution is -2.47. The van der Waals surface area contributed by atoms with Crippen LogP contribution >= 0.6 is 11.6 Å². The summed E-state index contributed by atoms with van der Waals surface area (Å²) in [6.07, 6.45) is 1.34. The molecule has 3 atom stereocenters. The average Bonchev–Trinajstić information content (AvgIpc) is 4.10. The van der Waals surface area contributed by atoms with Crippen LogP contribution in [-0.2, 0) is 29.9 Å². The molecule has 0 radical (unpaired) electrons. The van der Waals surface area contributed by atoms with Gasteiger partial charge in [0.15, 0.2) is 12.4 Å². The molecule has 4 fully saturated rings. The van der Waals surface area contributed by atoms with Gasteiger partial charge in [-0.2, -0.15) is 23.3 Å². The quantitative estimate of drug-likeness (QED) is 0.103. The number of amides is 2. The predicted octanol–water partition coefficient (Wildman–Crippen LogP) is 7.85. The number of aryl methyl sites for hydroxylation is 2. The minimum Gasteiger partial charge on any atom is -0.480 e. The van der Waals surface area contributed by atoms with Crippen molar-refractivity contribution in [3.05, 3.63) is 68.7 Å². The van der Waals surface area contributed by atoms with Gasteiger partial charge in [0.1, 0.15) is 5.02 Å². The van der Waals surface area contributed by atoms with Crippen LogP contribution in [-0.4, -0.2) is 91.8 Å². The molecule has 66 heavy (non-hydrogen) atoms. The fourth-order valence-electron chi connectivity index (χ4n) is 10.8. The van der Waals surface area contributed by atoms with Crippen LogP contribution in [0, 0.1) is 11.8 Å². The number of nitrogens with one attached hydrogen (secondary N) is 3. The molecule has 350 valence electrons. The van der Waals surface area contributed by atoms with Gasteiger partial charge in [0.25, 0.3) is 5.56 Å². The van der Waals surface area contributed by atoms with Crippen LogP contribution in [0.4, 0.5) is 45.1 Å². The van der Waals surface area contributed by atoms with Crippen molar-refractivity contribution in [3.8, 4) is 5.75 Å². The number of rotatable bonds is 8. The topological polar surface area (TPSA) is 152 Å². The molecule has 10 rings (SSSR count). The summed E-state index contributed by atoms with van der Waals surface area (Å²) >= 11 is 6.63. The summed E-state index contributed by atoms with van der Waals surface area (Å²) in [5.41, 5.74) is 0.584. The summed E-state index contributed by atoms with van der Waals surface area (Å²) in [6.45, 7) is 3.97. The van der Waals surface area contributed by atoms with E-state index in [4.69, 9.17) is 21.3 Å². The Morgan fingerprint density at radius 1 is 0.955 bits per heavy atom. The van der Waals surface area contributed by atoms with Gasteiger partial charge in [0.2, 0.25) is 23.5 Å². The monoisotopic (exact) mass is 936 g/mol. The molecule has 3 saturated heterocycles. The van der Waals surface area contributed by atoms with E-state index in [9.17, 15) is 27.6 Å². The minimum atomic E-state index is -4.65. The molecule has 7 heterocycles. The Labute approximate surface area is 381 Å². The number of nitrogens with zero attached hydrogens (tertiary/aromatic N) is 7. The van der Waals surface area contributed by atoms with Crippen LogP contribution in [0.25, 0.3) is 21.8 Å². The van der Waals surface area contributed by atoms with Crippen molar-refractivity contribution in [3.63, 3.8) is 0 Å². The molecule has 2 amide bonds. The number of aromatic nitrogens is 5. The number of alkyl halides is 5. The third-order valence-electron chi connectivity index (χ3n) is 14.6. The lowest BCUT2D eigenvalue weighted by atomic mass is 9.82. The molecule has 14 nitrogen and oxygen atoms in total. The highest BCUT2D eigenvalue weighted by Gasteiger charge is 2.51. The van der Waals surface area contributed by atoms with E-state index in [0.717, 1.165) is 12.8 Å². The van der Waals surface area contributed by atoms with Crippen molar-refractivity contribution in [2.75, 3.05) is 48.3 Å². The van der Waals surface area contributed by atoms with E-state index in [0.29, 0.717) is 86.1 Å². The summed E-state index contributed by atoms with van der Waals surface area (Å²) in [6, 6.07) is 7.52. The van der Waals surface area contributed by atoms with E-state index in [2.05, 4.69) is 42.8 Å². The maximum absolute atomic E-state index is 15.2. The third-order valence-corrected chi connectivity index (χ3v) is 14.9. The predicted molar refractivity (Wildman–Crippen MR) is 239 cm³/mol. The maximum Gasteiger partial charge on any atom is 0.418 e. The average molecular weight is 937 g/mol. The Kier molecular flexibility index (Phi) is 11.2. The number of anilines is 4. The smallest absolute Gasteiger partial charge is 0.418 e. The highest BCUT2D eigenvalue weighted by Crippen LogP contribution is 2.47. The molecular weight excluding hydrogens is 887 g/mol. The van der Waals surface area contributed by atoms with Gasteiger partial charge in [-0.15, -0.1) is 0 Å². The van der Waals surface area contributed by atoms with E-state index >= 15 is 8.78 Å². The number of fused-ring (bicyclic) bond motifs is 4. The molecule has 1 unspecified atom stereocenters. The number of carbonyl (C=O) groups excluding carboxylic acids is 2. The zero-order valence-electron chi connectivity index (χ0n) is 36.7. The molecule has 1 saturated carbocycles. The van der Waals surface area contributed by atoms with E-state index < -0.39 is 53.6 Å². The Morgan fingerprint density at radius 3 is 2.39 bits per heavy atom. The number of hydrogen-bond donors (Lipinski definition) is 3. The van der Waals surface area contributed by atoms with E-state index in [-0.39, 0.29) is 69.3 Å². The largest absolute Gasteiger partial charge is 0.480 e. The molecule has 5 aliphatic rings. The van der Waals surface area contributed by atoms with Crippen LogP contribution in [0.2, 0.25) is 5.02 Å². The molecule has 0 bridgehead atoms. The van der Waals surface area contributed by atoms with Gasteiger partial charge in [0.05, 0.1) is 46.1 Å². The van der Waals surface area contributed by atoms with Gasteiger partial charge in [-0.1, -0.05) is 23.7 Å². The van der Waals surface area contributed by atoms with E-state index in [1.807, 2.05) is 0 Å². The van der Waals surface area contributed by atoms with Crippen molar-refractivity contribution < 1.29 is 36.3 Å². The second-order valence-electron chi connectivity index (χ2n) is 18.6. The maximum atomic E-state index is 15.2. The minimum absolute atomic E-state index is 0.0438. The Hall–Kier alpha value is -5.56. The number of halogens is 6. The zero-order valence-corrected chi connectivity index (χ0v) is 37.4. The zero-order chi connectivity index (χ0) is 46.4. The van der Waals surface area contributed by atoms with Gasteiger partial charge in [0, 0.05) is 56.1 Å². The second-order valence-corrected chi connectivity index (χ2v) is 19.0. The SMILES string of the molecule is C[C@@H](C1CCN(c2ncc(Cl)c(Nc3ccc4c(c3)c3c(c(=O)n4C)OCC(F)(F)[C@H](C4CC4)N3)n2)CC1)N1CCC(c2ccc3c(C4CCC(=O)NC4=O)nn(C)c3c2C(F)(F)F)CC1. The number of likely N-dealkylation sites (tertiary alicyclic amines) is 1. The molecule has 20 heteroatoms. The molecule has 4 aliphatic heterocycles. The standard InChI is InChI=1S/C46H50ClF5N10O4/c1-23(61-16-14-25(15-17-61)28-7-8-29-36(30-9-11-34(63)55-42(30)64)58-60(3)38(29)35(28)46(50,51)52)24-12-18-62(19-13-24)44-53-21-32(47)41(57-44)54-27-6-10-33-31(20-27)37-39(43(65)59(33)2)66-22-45(48,49)40(56-37)26-4-5-26/h6-8,10,20-21,23-26,30,40,56H,4-5,9,11-19,22H2,1-3H3,(H,53,54,57)(H,55,63,64)/t23-,30?,40-/m0/s1. The van der Waals surface area contributed by atoms with Crippen LogP contribution in [0.1, 0.15) is 86.9 Å². The normalized spacial score (nSPS) is 22.7. The van der Waals surface area contributed by atoms with Gasteiger partial charge in [-0.05, 0) is 106 Å². The van der Waals surface area contributed by atoms with Gasteiger partial charge in [-0.3, -0.25) is 24.4 Å².